The van der Waals surface area contributed by atoms with Crippen molar-refractivity contribution in [3.8, 4) is 5.75 Å². The molecule has 0 aliphatic heterocycles. The Balaban J connectivity index is 1.87. The van der Waals surface area contributed by atoms with E-state index in [9.17, 15) is 5.11 Å². The highest BCUT2D eigenvalue weighted by atomic mass is 32.2. The first-order valence-electron chi connectivity index (χ1n) is 6.83. The molecule has 6 heteroatoms. The summed E-state index contributed by atoms with van der Waals surface area (Å²) in [5.74, 6) is 1.37. The Morgan fingerprint density at radius 3 is 2.76 bits per heavy atom. The van der Waals surface area contributed by atoms with E-state index in [0.29, 0.717) is 5.75 Å². The van der Waals surface area contributed by atoms with Crippen LogP contribution in [-0.4, -0.2) is 38.3 Å². The van der Waals surface area contributed by atoms with Gasteiger partial charge < -0.3 is 14.4 Å². The summed E-state index contributed by atoms with van der Waals surface area (Å²) in [7, 11) is 1.88. The number of hydrogen-bond acceptors (Lipinski definition) is 5. The van der Waals surface area contributed by atoms with Crippen LogP contribution in [0.1, 0.15) is 16.7 Å². The SMILES string of the molecule is Cc1cc(C)c(C)c(OCC(O)CSc2nncn2C)c1. The molecule has 1 aromatic carbocycles. The van der Waals surface area contributed by atoms with Crippen molar-refractivity contribution in [2.24, 2.45) is 7.05 Å². The lowest BCUT2D eigenvalue weighted by Crippen LogP contribution is -2.20. The average Bonchev–Trinajstić information content (AvgIpc) is 2.84. The number of hydrogen-bond donors (Lipinski definition) is 1. The van der Waals surface area contributed by atoms with Gasteiger partial charge in [-0.2, -0.15) is 0 Å². The van der Waals surface area contributed by atoms with Crippen molar-refractivity contribution in [2.45, 2.75) is 32.0 Å². The topological polar surface area (TPSA) is 60.2 Å². The molecule has 0 saturated heterocycles. The van der Waals surface area contributed by atoms with Crippen LogP contribution in [0.15, 0.2) is 23.6 Å². The fraction of sp³-hybridized carbons (Fsp3) is 0.467. The second-order valence-electron chi connectivity index (χ2n) is 5.21. The summed E-state index contributed by atoms with van der Waals surface area (Å²) in [6, 6.07) is 4.13. The van der Waals surface area contributed by atoms with E-state index < -0.39 is 6.10 Å². The highest BCUT2D eigenvalue weighted by Crippen LogP contribution is 2.23. The van der Waals surface area contributed by atoms with E-state index in [1.807, 2.05) is 31.5 Å². The Labute approximate surface area is 129 Å². The van der Waals surface area contributed by atoms with Crippen molar-refractivity contribution >= 4 is 11.8 Å². The van der Waals surface area contributed by atoms with Gasteiger partial charge in [0.1, 0.15) is 18.7 Å². The molecule has 5 nitrogen and oxygen atoms in total. The minimum absolute atomic E-state index is 0.272. The van der Waals surface area contributed by atoms with E-state index in [1.54, 1.807) is 6.33 Å². The molecule has 21 heavy (non-hydrogen) atoms. The Morgan fingerprint density at radius 2 is 2.10 bits per heavy atom. The molecule has 2 rings (SSSR count). The molecule has 1 N–H and O–H groups in total. The Kier molecular flexibility index (Phi) is 5.25. The van der Waals surface area contributed by atoms with Gasteiger partial charge in [-0.3, -0.25) is 0 Å². The number of rotatable bonds is 6. The third kappa shape index (κ3) is 4.22. The van der Waals surface area contributed by atoms with Gasteiger partial charge in [0.15, 0.2) is 5.16 Å². The van der Waals surface area contributed by atoms with E-state index >= 15 is 0 Å². The van der Waals surface area contributed by atoms with Gasteiger partial charge in [0.05, 0.1) is 6.10 Å². The highest BCUT2D eigenvalue weighted by molar-refractivity contribution is 7.99. The van der Waals surface area contributed by atoms with Crippen LogP contribution in [0.25, 0.3) is 0 Å². The summed E-state index contributed by atoms with van der Waals surface area (Å²) in [5, 5.41) is 18.6. The number of aliphatic hydroxyl groups is 1. The Hall–Kier alpha value is -1.53. The molecule has 0 saturated carbocycles. The quantitative estimate of drug-likeness (QED) is 0.830. The summed E-state index contributed by atoms with van der Waals surface area (Å²) in [4.78, 5) is 0. The zero-order chi connectivity index (χ0) is 15.4. The molecule has 1 aromatic heterocycles. The first kappa shape index (κ1) is 15.9. The molecule has 0 aliphatic rings. The van der Waals surface area contributed by atoms with Gasteiger partial charge >= 0.3 is 0 Å². The lowest BCUT2D eigenvalue weighted by molar-refractivity contribution is 0.126. The smallest absolute Gasteiger partial charge is 0.190 e. The summed E-state index contributed by atoms with van der Waals surface area (Å²) in [6.07, 6.45) is 1.09. The second-order valence-corrected chi connectivity index (χ2v) is 6.19. The Bertz CT molecular complexity index is 613. The zero-order valence-electron chi connectivity index (χ0n) is 12.8. The lowest BCUT2D eigenvalue weighted by Gasteiger charge is -2.15. The number of aryl methyl sites for hydroxylation is 3. The van der Waals surface area contributed by atoms with Gasteiger partial charge in [0.25, 0.3) is 0 Å². The van der Waals surface area contributed by atoms with Gasteiger partial charge in [-0.15, -0.1) is 10.2 Å². The van der Waals surface area contributed by atoms with Crippen LogP contribution in [0.2, 0.25) is 0 Å². The highest BCUT2D eigenvalue weighted by Gasteiger charge is 2.11. The van der Waals surface area contributed by atoms with Crippen LogP contribution in [0.3, 0.4) is 0 Å². The number of thioether (sulfide) groups is 1. The summed E-state index contributed by atoms with van der Waals surface area (Å²) >= 11 is 1.47. The summed E-state index contributed by atoms with van der Waals surface area (Å²) < 4.78 is 7.58. The standard InChI is InChI=1S/C15H21N3O2S/c1-10-5-11(2)12(3)14(6-10)20-7-13(19)8-21-15-17-16-9-18(15)4/h5-6,9,13,19H,7-8H2,1-4H3. The molecule has 114 valence electrons. The van der Waals surface area contributed by atoms with Crippen LogP contribution < -0.4 is 4.74 Å². The third-order valence-corrected chi connectivity index (χ3v) is 4.45. The van der Waals surface area contributed by atoms with E-state index in [1.165, 1.54) is 17.3 Å². The molecule has 0 fully saturated rings. The maximum Gasteiger partial charge on any atom is 0.190 e. The molecule has 1 atom stereocenters. The van der Waals surface area contributed by atoms with E-state index in [4.69, 9.17) is 4.74 Å². The minimum atomic E-state index is -0.549. The van der Waals surface area contributed by atoms with Gasteiger partial charge in [-0.1, -0.05) is 17.8 Å². The molecule has 0 bridgehead atoms. The van der Waals surface area contributed by atoms with Gasteiger partial charge in [0, 0.05) is 12.8 Å². The van der Waals surface area contributed by atoms with Crippen LogP contribution in [-0.2, 0) is 7.05 Å². The Morgan fingerprint density at radius 1 is 1.33 bits per heavy atom. The van der Waals surface area contributed by atoms with E-state index in [2.05, 4.69) is 23.2 Å². The summed E-state index contributed by atoms with van der Waals surface area (Å²) in [6.45, 7) is 6.41. The minimum Gasteiger partial charge on any atom is -0.491 e. The fourth-order valence-corrected chi connectivity index (χ4v) is 2.75. The van der Waals surface area contributed by atoms with Crippen LogP contribution >= 0.6 is 11.8 Å². The van der Waals surface area contributed by atoms with Gasteiger partial charge in [-0.25, -0.2) is 0 Å². The number of aromatic nitrogens is 3. The first-order chi connectivity index (χ1) is 9.97. The molecular formula is C15H21N3O2S. The first-order valence-corrected chi connectivity index (χ1v) is 7.81. The molecule has 0 aliphatic carbocycles. The number of aliphatic hydroxyl groups excluding tert-OH is 1. The zero-order valence-corrected chi connectivity index (χ0v) is 13.6. The second kappa shape index (κ2) is 6.95. The molecule has 1 unspecified atom stereocenters. The fourth-order valence-electron chi connectivity index (χ4n) is 1.96. The maximum atomic E-state index is 10.0. The predicted octanol–water partition coefficient (Wildman–Crippen LogP) is 2.27. The van der Waals surface area contributed by atoms with Crippen molar-refractivity contribution in [2.75, 3.05) is 12.4 Å². The molecular weight excluding hydrogens is 286 g/mol. The molecule has 0 amide bonds. The number of benzene rings is 1. The third-order valence-electron chi connectivity index (χ3n) is 3.27. The number of ether oxygens (including phenoxy) is 1. The van der Waals surface area contributed by atoms with Crippen LogP contribution in [0, 0.1) is 20.8 Å². The van der Waals surface area contributed by atoms with Crippen molar-refractivity contribution in [3.63, 3.8) is 0 Å². The van der Waals surface area contributed by atoms with E-state index in [0.717, 1.165) is 22.0 Å². The van der Waals surface area contributed by atoms with Gasteiger partial charge in [0.2, 0.25) is 0 Å². The lowest BCUT2D eigenvalue weighted by atomic mass is 10.1. The largest absolute Gasteiger partial charge is 0.491 e. The maximum absolute atomic E-state index is 10.0. The van der Waals surface area contributed by atoms with Crippen molar-refractivity contribution in [1.29, 1.82) is 0 Å². The van der Waals surface area contributed by atoms with Crippen LogP contribution in [0.4, 0.5) is 0 Å². The van der Waals surface area contributed by atoms with Gasteiger partial charge in [-0.05, 0) is 43.5 Å². The van der Waals surface area contributed by atoms with E-state index in [-0.39, 0.29) is 6.61 Å². The number of nitrogens with zero attached hydrogens (tertiary/aromatic N) is 3. The predicted molar refractivity (Wildman–Crippen MR) is 83.9 cm³/mol. The average molecular weight is 307 g/mol. The molecule has 0 radical (unpaired) electrons. The summed E-state index contributed by atoms with van der Waals surface area (Å²) in [5.41, 5.74) is 3.48. The van der Waals surface area contributed by atoms with Crippen LogP contribution in [0.5, 0.6) is 5.75 Å². The van der Waals surface area contributed by atoms with Crippen molar-refractivity contribution in [1.82, 2.24) is 14.8 Å². The molecule has 1 heterocycles. The molecule has 2 aromatic rings. The van der Waals surface area contributed by atoms with Crippen molar-refractivity contribution in [3.05, 3.63) is 35.2 Å². The molecule has 0 spiro atoms. The monoisotopic (exact) mass is 307 g/mol. The normalized spacial score (nSPS) is 12.4. The van der Waals surface area contributed by atoms with Crippen molar-refractivity contribution < 1.29 is 9.84 Å².